The van der Waals surface area contributed by atoms with E-state index in [1.165, 1.54) is 18.4 Å². The molecule has 0 radical (unpaired) electrons. The molecule has 1 saturated carbocycles. The molecule has 0 saturated heterocycles. The molecule has 3 nitrogen and oxygen atoms in total. The van der Waals surface area contributed by atoms with E-state index in [9.17, 15) is 4.79 Å². The molecule has 0 bridgehead atoms. The maximum atomic E-state index is 11.8. The Balaban J connectivity index is 2.02. The van der Waals surface area contributed by atoms with Crippen LogP contribution in [0.25, 0.3) is 0 Å². The van der Waals surface area contributed by atoms with Crippen molar-refractivity contribution in [1.29, 1.82) is 0 Å². The maximum absolute atomic E-state index is 11.8. The average molecular weight is 339 g/mol. The van der Waals surface area contributed by atoms with E-state index in [2.05, 4.69) is 45.5 Å². The smallest absolute Gasteiger partial charge is 0.220 e. The molecule has 3 N–H and O–H groups in total. The lowest BCUT2D eigenvalue weighted by Gasteiger charge is -2.30. The first-order valence-electron chi connectivity index (χ1n) is 7.39. The molecule has 1 fully saturated rings. The van der Waals surface area contributed by atoms with E-state index >= 15 is 0 Å². The van der Waals surface area contributed by atoms with Crippen LogP contribution in [0.1, 0.15) is 44.1 Å². The number of halogens is 1. The number of nitrogens with two attached hydrogens (primary N) is 1. The number of nitrogens with one attached hydrogen (secondary N) is 1. The molecule has 1 aliphatic rings. The number of amides is 1. The second-order valence-electron chi connectivity index (χ2n) is 5.66. The Morgan fingerprint density at radius 2 is 1.90 bits per heavy atom. The second kappa shape index (κ2) is 7.23. The third kappa shape index (κ3) is 3.83. The van der Waals surface area contributed by atoms with Gasteiger partial charge in [-0.05, 0) is 43.5 Å². The van der Waals surface area contributed by atoms with Crippen LogP contribution in [0.5, 0.6) is 0 Å². The van der Waals surface area contributed by atoms with Crippen molar-refractivity contribution in [3.8, 4) is 0 Å². The Bertz CT molecular complexity index is 438. The highest BCUT2D eigenvalue weighted by Gasteiger charge is 2.35. The summed E-state index contributed by atoms with van der Waals surface area (Å²) in [5, 5.41) is 3.11. The molecule has 0 heterocycles. The van der Waals surface area contributed by atoms with Gasteiger partial charge in [-0.15, -0.1) is 0 Å². The molecule has 20 heavy (non-hydrogen) atoms. The van der Waals surface area contributed by atoms with E-state index < -0.39 is 0 Å². The van der Waals surface area contributed by atoms with Crippen molar-refractivity contribution in [3.05, 3.63) is 34.3 Å². The van der Waals surface area contributed by atoms with Gasteiger partial charge in [0.1, 0.15) is 0 Å². The van der Waals surface area contributed by atoms with E-state index in [1.807, 2.05) is 0 Å². The Kier molecular flexibility index (Phi) is 5.61. The maximum Gasteiger partial charge on any atom is 0.220 e. The third-order valence-electron chi connectivity index (χ3n) is 4.25. The van der Waals surface area contributed by atoms with Crippen LogP contribution in [0.15, 0.2) is 28.7 Å². The SMILES string of the molecule is NCCCC(=O)NCC1(c2ccc(Br)cc2)CCCC1. The van der Waals surface area contributed by atoms with Crippen molar-refractivity contribution < 1.29 is 4.79 Å². The lowest BCUT2D eigenvalue weighted by molar-refractivity contribution is -0.121. The highest BCUT2D eigenvalue weighted by molar-refractivity contribution is 9.10. The summed E-state index contributed by atoms with van der Waals surface area (Å²) in [6.07, 6.45) is 6.10. The lowest BCUT2D eigenvalue weighted by atomic mass is 9.79. The van der Waals surface area contributed by atoms with Crippen LogP contribution >= 0.6 is 15.9 Å². The summed E-state index contributed by atoms with van der Waals surface area (Å²) in [4.78, 5) is 11.8. The van der Waals surface area contributed by atoms with Crippen LogP contribution in [-0.4, -0.2) is 19.0 Å². The van der Waals surface area contributed by atoms with Crippen molar-refractivity contribution in [1.82, 2.24) is 5.32 Å². The molecule has 0 aliphatic heterocycles. The van der Waals surface area contributed by atoms with Crippen LogP contribution < -0.4 is 11.1 Å². The van der Waals surface area contributed by atoms with E-state index in [0.717, 1.165) is 30.3 Å². The molecule has 110 valence electrons. The minimum atomic E-state index is 0.124. The van der Waals surface area contributed by atoms with Crippen LogP contribution in [0, 0.1) is 0 Å². The molecular weight excluding hydrogens is 316 g/mol. The van der Waals surface area contributed by atoms with Crippen LogP contribution in [0.3, 0.4) is 0 Å². The summed E-state index contributed by atoms with van der Waals surface area (Å²) in [5.41, 5.74) is 6.91. The van der Waals surface area contributed by atoms with E-state index in [4.69, 9.17) is 5.73 Å². The second-order valence-corrected chi connectivity index (χ2v) is 6.58. The molecular formula is C16H23BrN2O. The minimum absolute atomic E-state index is 0.124. The molecule has 0 spiro atoms. The van der Waals surface area contributed by atoms with Crippen LogP contribution in [-0.2, 0) is 10.2 Å². The molecule has 1 aromatic carbocycles. The van der Waals surface area contributed by atoms with E-state index in [-0.39, 0.29) is 11.3 Å². The number of carbonyl (C=O) groups excluding carboxylic acids is 1. The van der Waals surface area contributed by atoms with Gasteiger partial charge in [-0.3, -0.25) is 4.79 Å². The summed E-state index contributed by atoms with van der Waals surface area (Å²) >= 11 is 3.48. The summed E-state index contributed by atoms with van der Waals surface area (Å²) in [5.74, 6) is 0.124. The molecule has 1 amide bonds. The number of carbonyl (C=O) groups is 1. The number of rotatable bonds is 6. The van der Waals surface area contributed by atoms with Gasteiger partial charge in [0, 0.05) is 22.9 Å². The van der Waals surface area contributed by atoms with Gasteiger partial charge < -0.3 is 11.1 Å². The van der Waals surface area contributed by atoms with Crippen molar-refractivity contribution in [3.63, 3.8) is 0 Å². The largest absolute Gasteiger partial charge is 0.355 e. The Morgan fingerprint density at radius 1 is 1.25 bits per heavy atom. The first-order chi connectivity index (χ1) is 9.66. The van der Waals surface area contributed by atoms with Gasteiger partial charge in [-0.1, -0.05) is 40.9 Å². The number of hydrogen-bond acceptors (Lipinski definition) is 2. The Morgan fingerprint density at radius 3 is 2.50 bits per heavy atom. The highest BCUT2D eigenvalue weighted by atomic mass is 79.9. The molecule has 1 aromatic rings. The van der Waals surface area contributed by atoms with Gasteiger partial charge in [-0.25, -0.2) is 0 Å². The predicted octanol–water partition coefficient (Wildman–Crippen LogP) is 3.12. The van der Waals surface area contributed by atoms with Crippen LogP contribution in [0.4, 0.5) is 0 Å². The predicted molar refractivity (Wildman–Crippen MR) is 85.6 cm³/mol. The number of hydrogen-bond donors (Lipinski definition) is 2. The highest BCUT2D eigenvalue weighted by Crippen LogP contribution is 2.40. The van der Waals surface area contributed by atoms with Crippen molar-refractivity contribution >= 4 is 21.8 Å². The van der Waals surface area contributed by atoms with E-state index in [0.29, 0.717) is 13.0 Å². The average Bonchev–Trinajstić information content (AvgIpc) is 2.93. The zero-order valence-corrected chi connectivity index (χ0v) is 13.4. The van der Waals surface area contributed by atoms with Gasteiger partial charge in [0.05, 0.1) is 0 Å². The van der Waals surface area contributed by atoms with Gasteiger partial charge in [-0.2, -0.15) is 0 Å². The molecule has 0 aromatic heterocycles. The third-order valence-corrected chi connectivity index (χ3v) is 4.78. The lowest BCUT2D eigenvalue weighted by Crippen LogP contribution is -2.39. The molecule has 4 heteroatoms. The molecule has 0 atom stereocenters. The first-order valence-corrected chi connectivity index (χ1v) is 8.18. The quantitative estimate of drug-likeness (QED) is 0.837. The summed E-state index contributed by atoms with van der Waals surface area (Å²) < 4.78 is 1.10. The van der Waals surface area contributed by atoms with Gasteiger partial charge in [0.2, 0.25) is 5.91 Å². The molecule has 0 unspecified atom stereocenters. The topological polar surface area (TPSA) is 55.1 Å². The van der Waals surface area contributed by atoms with Crippen molar-refractivity contribution in [2.24, 2.45) is 5.73 Å². The van der Waals surface area contributed by atoms with Crippen molar-refractivity contribution in [2.45, 2.75) is 43.9 Å². The Labute approximate surface area is 129 Å². The summed E-state index contributed by atoms with van der Waals surface area (Å²) in [6.45, 7) is 1.32. The van der Waals surface area contributed by atoms with Crippen molar-refractivity contribution in [2.75, 3.05) is 13.1 Å². The normalized spacial score (nSPS) is 17.1. The fourth-order valence-corrected chi connectivity index (χ4v) is 3.31. The standard InChI is InChI=1S/C16H23BrN2O/c17-14-7-5-13(6-8-14)16(9-1-2-10-16)12-19-15(20)4-3-11-18/h5-8H,1-4,9-12,18H2,(H,19,20). The fraction of sp³-hybridized carbons (Fsp3) is 0.562. The zero-order valence-electron chi connectivity index (χ0n) is 11.8. The van der Waals surface area contributed by atoms with E-state index in [1.54, 1.807) is 0 Å². The van der Waals surface area contributed by atoms with Gasteiger partial charge in [0.25, 0.3) is 0 Å². The minimum Gasteiger partial charge on any atom is -0.355 e. The van der Waals surface area contributed by atoms with Crippen LogP contribution in [0.2, 0.25) is 0 Å². The summed E-state index contributed by atoms with van der Waals surface area (Å²) in [6, 6.07) is 8.54. The Hall–Kier alpha value is -0.870. The number of benzene rings is 1. The zero-order chi connectivity index (χ0) is 14.4. The fourth-order valence-electron chi connectivity index (χ4n) is 3.04. The summed E-state index contributed by atoms with van der Waals surface area (Å²) in [7, 11) is 0. The van der Waals surface area contributed by atoms with Gasteiger partial charge >= 0.3 is 0 Å². The van der Waals surface area contributed by atoms with Gasteiger partial charge in [0.15, 0.2) is 0 Å². The first kappa shape index (κ1) is 15.5. The molecule has 2 rings (SSSR count). The molecule has 1 aliphatic carbocycles. The monoisotopic (exact) mass is 338 g/mol.